The zero-order chi connectivity index (χ0) is 25.2. The van der Waals surface area contributed by atoms with Gasteiger partial charge in [-0.15, -0.1) is 0 Å². The monoisotopic (exact) mass is 504 g/mol. The molecule has 0 unspecified atom stereocenters. The molecule has 35 heavy (non-hydrogen) atoms. The fraction of sp³-hybridized carbons (Fsp3) is 0.0833. The van der Waals surface area contributed by atoms with E-state index < -0.39 is 34.8 Å². The van der Waals surface area contributed by atoms with Crippen LogP contribution in [0, 0.1) is 11.6 Å². The Morgan fingerprint density at radius 2 is 1.74 bits per heavy atom. The quantitative estimate of drug-likeness (QED) is 0.179. The van der Waals surface area contributed by atoms with Crippen LogP contribution in [-0.2, 0) is 13.2 Å². The molecule has 2 N–H and O–H groups in total. The lowest BCUT2D eigenvalue weighted by Gasteiger charge is -2.17. The first-order valence-corrected chi connectivity index (χ1v) is 10.5. The summed E-state index contributed by atoms with van der Waals surface area (Å²) in [6.45, 7) is 0. The maximum absolute atomic E-state index is 14.1. The van der Waals surface area contributed by atoms with Crippen molar-refractivity contribution >= 4 is 39.5 Å². The van der Waals surface area contributed by atoms with Crippen LogP contribution in [0.5, 0.6) is 0 Å². The van der Waals surface area contributed by atoms with Gasteiger partial charge in [0.1, 0.15) is 17.3 Å². The molecule has 0 saturated carbocycles. The lowest BCUT2D eigenvalue weighted by Crippen LogP contribution is -2.10. The number of ketones is 1. The number of carbonyl (C=O) groups is 1. The number of fused-ring (bicyclic) bond motifs is 2. The van der Waals surface area contributed by atoms with Gasteiger partial charge in [0.15, 0.2) is 0 Å². The third-order valence-electron chi connectivity index (χ3n) is 5.83. The summed E-state index contributed by atoms with van der Waals surface area (Å²) in [5.74, 6) is -2.94. The van der Waals surface area contributed by atoms with Crippen molar-refractivity contribution in [1.82, 2.24) is 14.2 Å². The number of alkyl halides is 3. The fourth-order valence-corrected chi connectivity index (χ4v) is 4.48. The number of rotatable bonds is 3. The van der Waals surface area contributed by atoms with Crippen LogP contribution >= 0.6 is 11.6 Å². The van der Waals surface area contributed by atoms with Crippen LogP contribution in [0.1, 0.15) is 21.6 Å². The molecule has 0 aliphatic rings. The smallest absolute Gasteiger partial charge is 0.394 e. The summed E-state index contributed by atoms with van der Waals surface area (Å²) < 4.78 is 72.8. The van der Waals surface area contributed by atoms with E-state index >= 15 is 0 Å². The molecule has 5 nitrogen and oxygen atoms in total. The molecule has 3 aromatic heterocycles. The number of benzene rings is 2. The first-order chi connectivity index (χ1) is 16.5. The summed E-state index contributed by atoms with van der Waals surface area (Å²) in [4.78, 5) is 13.0. The van der Waals surface area contributed by atoms with E-state index in [1.54, 1.807) is 0 Å². The third-order valence-corrected chi connectivity index (χ3v) is 6.22. The zero-order valence-electron chi connectivity index (χ0n) is 17.8. The Bertz CT molecular complexity index is 1650. The number of nitrogens with zero attached hydrogens (tertiary/aromatic N) is 3. The molecule has 178 valence electrons. The van der Waals surface area contributed by atoms with E-state index in [1.807, 2.05) is 0 Å². The number of aryl methyl sites for hydroxylation is 1. The molecule has 11 heteroatoms. The van der Waals surface area contributed by atoms with E-state index in [1.165, 1.54) is 52.8 Å². The Balaban J connectivity index is 1.75. The topological polar surface area (TPSA) is 65.3 Å². The second-order valence-corrected chi connectivity index (χ2v) is 8.27. The standard InChI is InChI=1S/C24H14ClF5N4O/c1-33-19-9-14(24(28,29)30)20(21(25)13(19)10-32-33)12-3-2-6-34-17(12)4-5-18(34)23(35)11-7-15(26)22(31)16(27)8-11/h2-10H,31H2,1H3. The minimum atomic E-state index is -4.74. The molecule has 0 fully saturated rings. The van der Waals surface area contributed by atoms with Crippen molar-refractivity contribution in [3.63, 3.8) is 0 Å². The van der Waals surface area contributed by atoms with Crippen molar-refractivity contribution in [3.05, 3.63) is 88.3 Å². The molecule has 0 spiro atoms. The number of nitrogen functional groups attached to an aromatic ring is 1. The normalized spacial score (nSPS) is 12.1. The number of anilines is 1. The third kappa shape index (κ3) is 3.52. The maximum Gasteiger partial charge on any atom is 0.417 e. The van der Waals surface area contributed by atoms with Crippen molar-refractivity contribution in [2.75, 3.05) is 5.73 Å². The first kappa shape index (κ1) is 22.9. The molecule has 2 aromatic carbocycles. The highest BCUT2D eigenvalue weighted by Crippen LogP contribution is 2.45. The van der Waals surface area contributed by atoms with Gasteiger partial charge >= 0.3 is 6.18 Å². The van der Waals surface area contributed by atoms with Gasteiger partial charge in [-0.3, -0.25) is 9.48 Å². The summed E-state index contributed by atoms with van der Waals surface area (Å²) >= 11 is 6.49. The van der Waals surface area contributed by atoms with Gasteiger partial charge in [0.25, 0.3) is 0 Å². The molecule has 0 radical (unpaired) electrons. The molecule has 0 aliphatic heterocycles. The Kier molecular flexibility index (Phi) is 5.10. The lowest BCUT2D eigenvalue weighted by atomic mass is 9.97. The van der Waals surface area contributed by atoms with Crippen molar-refractivity contribution < 1.29 is 26.7 Å². The predicted octanol–water partition coefficient (Wildman–Crippen LogP) is 6.26. The van der Waals surface area contributed by atoms with Gasteiger partial charge in [-0.25, -0.2) is 8.78 Å². The fourth-order valence-electron chi connectivity index (χ4n) is 4.13. The number of hydrogen-bond donors (Lipinski definition) is 1. The van der Waals surface area contributed by atoms with Crippen LogP contribution in [0.25, 0.3) is 27.5 Å². The SMILES string of the molecule is Cn1ncc2c(Cl)c(-c3cccn4c(C(=O)c5cc(F)c(N)c(F)c5)ccc34)c(C(F)(F)F)cc21. The van der Waals surface area contributed by atoms with Crippen molar-refractivity contribution in [2.24, 2.45) is 7.05 Å². The Hall–Kier alpha value is -3.92. The molecule has 3 heterocycles. The molecule has 0 amide bonds. The molecule has 5 rings (SSSR count). The lowest BCUT2D eigenvalue weighted by molar-refractivity contribution is -0.137. The van der Waals surface area contributed by atoms with Crippen LogP contribution in [0.2, 0.25) is 5.02 Å². The van der Waals surface area contributed by atoms with Gasteiger partial charge < -0.3 is 10.1 Å². The van der Waals surface area contributed by atoms with Crippen molar-refractivity contribution in [1.29, 1.82) is 0 Å². The highest BCUT2D eigenvalue weighted by molar-refractivity contribution is 6.38. The number of halogens is 6. The predicted molar refractivity (Wildman–Crippen MR) is 121 cm³/mol. The summed E-state index contributed by atoms with van der Waals surface area (Å²) in [5, 5.41) is 4.19. The van der Waals surface area contributed by atoms with E-state index in [2.05, 4.69) is 5.10 Å². The van der Waals surface area contributed by atoms with Gasteiger partial charge in [0, 0.05) is 35.3 Å². The summed E-state index contributed by atoms with van der Waals surface area (Å²) in [5.41, 5.74) is 3.56. The molecule has 0 atom stereocenters. The highest BCUT2D eigenvalue weighted by atomic mass is 35.5. The highest BCUT2D eigenvalue weighted by Gasteiger charge is 2.37. The maximum atomic E-state index is 14.1. The summed E-state index contributed by atoms with van der Waals surface area (Å²) in [6.07, 6.45) is -1.91. The largest absolute Gasteiger partial charge is 0.417 e. The van der Waals surface area contributed by atoms with Crippen molar-refractivity contribution in [3.8, 4) is 11.1 Å². The number of pyridine rings is 1. The van der Waals surface area contributed by atoms with Crippen LogP contribution in [-0.4, -0.2) is 20.0 Å². The molecule has 0 bridgehead atoms. The van der Waals surface area contributed by atoms with Crippen LogP contribution in [0.4, 0.5) is 27.6 Å². The van der Waals surface area contributed by atoms with Gasteiger partial charge in [-0.1, -0.05) is 17.7 Å². The second-order valence-electron chi connectivity index (χ2n) is 7.89. The number of aromatic nitrogens is 3. The van der Waals surface area contributed by atoms with Crippen molar-refractivity contribution in [2.45, 2.75) is 6.18 Å². The van der Waals surface area contributed by atoms with Gasteiger partial charge in [0.2, 0.25) is 5.78 Å². The Morgan fingerprint density at radius 3 is 2.40 bits per heavy atom. The van der Waals surface area contributed by atoms with Crippen LogP contribution in [0.15, 0.2) is 54.9 Å². The average Bonchev–Trinajstić information content (AvgIpc) is 3.40. The molecular formula is C24H14ClF5N4O. The van der Waals surface area contributed by atoms with E-state index in [4.69, 9.17) is 17.3 Å². The van der Waals surface area contributed by atoms with E-state index in [0.29, 0.717) is 5.39 Å². The van der Waals surface area contributed by atoms with E-state index in [0.717, 1.165) is 18.2 Å². The minimum Gasteiger partial charge on any atom is -0.394 e. The van der Waals surface area contributed by atoms with Gasteiger partial charge in [-0.2, -0.15) is 18.3 Å². The number of carbonyl (C=O) groups excluding carboxylic acids is 1. The van der Waals surface area contributed by atoms with E-state index in [9.17, 15) is 26.7 Å². The molecular weight excluding hydrogens is 491 g/mol. The van der Waals surface area contributed by atoms with Crippen LogP contribution in [0.3, 0.4) is 0 Å². The minimum absolute atomic E-state index is 0.0161. The second kappa shape index (κ2) is 7.81. The summed E-state index contributed by atoms with van der Waals surface area (Å²) in [6, 6.07) is 8.28. The average molecular weight is 505 g/mol. The number of nitrogens with two attached hydrogens (primary N) is 1. The molecule has 0 saturated heterocycles. The van der Waals surface area contributed by atoms with Crippen LogP contribution < -0.4 is 5.73 Å². The Labute approximate surface area is 199 Å². The summed E-state index contributed by atoms with van der Waals surface area (Å²) in [7, 11) is 1.51. The first-order valence-electron chi connectivity index (χ1n) is 10.1. The zero-order valence-corrected chi connectivity index (χ0v) is 18.5. The van der Waals surface area contributed by atoms with Gasteiger partial charge in [0.05, 0.1) is 33.5 Å². The van der Waals surface area contributed by atoms with Gasteiger partial charge in [-0.05, 0) is 36.4 Å². The number of hydrogen-bond acceptors (Lipinski definition) is 3. The Morgan fingerprint density at radius 1 is 1.06 bits per heavy atom. The van der Waals surface area contributed by atoms with E-state index in [-0.39, 0.29) is 38.4 Å². The molecule has 5 aromatic rings. The molecule has 0 aliphatic carbocycles.